The SMILES string of the molecule is CCCNc1cc(C(C)C)nc(-c2cc(O)cc(F)c2)n1. The number of anilines is 1. The Morgan fingerprint density at radius 3 is 2.57 bits per heavy atom. The van der Waals surface area contributed by atoms with E-state index in [1.54, 1.807) is 0 Å². The Labute approximate surface area is 124 Å². The second-order valence-corrected chi connectivity index (χ2v) is 5.28. The van der Waals surface area contributed by atoms with Gasteiger partial charge in [-0.2, -0.15) is 0 Å². The molecule has 1 aromatic carbocycles. The Bertz CT molecular complexity index is 609. The van der Waals surface area contributed by atoms with Gasteiger partial charge in [0.2, 0.25) is 0 Å². The highest BCUT2D eigenvalue weighted by Gasteiger charge is 2.11. The average molecular weight is 289 g/mol. The standard InChI is InChI=1S/C16H20FN3O/c1-4-5-18-15-9-14(10(2)3)19-16(20-15)11-6-12(17)8-13(21)7-11/h6-10,21H,4-5H2,1-3H3,(H,18,19,20). The van der Waals surface area contributed by atoms with Gasteiger partial charge in [-0.05, 0) is 24.5 Å². The van der Waals surface area contributed by atoms with Crippen molar-refractivity contribution in [3.05, 3.63) is 35.8 Å². The third-order valence-electron chi connectivity index (χ3n) is 3.03. The molecule has 2 rings (SSSR count). The Hall–Kier alpha value is -2.17. The quantitative estimate of drug-likeness (QED) is 0.875. The highest BCUT2D eigenvalue weighted by atomic mass is 19.1. The maximum absolute atomic E-state index is 13.4. The van der Waals surface area contributed by atoms with Crippen molar-refractivity contribution < 1.29 is 9.50 Å². The molecule has 2 aromatic rings. The van der Waals surface area contributed by atoms with Crippen LogP contribution in [0.3, 0.4) is 0 Å². The van der Waals surface area contributed by atoms with Gasteiger partial charge in [0, 0.05) is 29.9 Å². The number of aromatic hydroxyl groups is 1. The van der Waals surface area contributed by atoms with Crippen LogP contribution in [0.15, 0.2) is 24.3 Å². The van der Waals surface area contributed by atoms with Gasteiger partial charge >= 0.3 is 0 Å². The Kier molecular flexibility index (Phi) is 4.73. The Morgan fingerprint density at radius 2 is 1.95 bits per heavy atom. The van der Waals surface area contributed by atoms with Crippen LogP contribution in [0, 0.1) is 5.82 Å². The van der Waals surface area contributed by atoms with Gasteiger partial charge in [0.05, 0.1) is 0 Å². The van der Waals surface area contributed by atoms with Gasteiger partial charge in [-0.15, -0.1) is 0 Å². The molecule has 0 aliphatic heterocycles. The fraction of sp³-hybridized carbons (Fsp3) is 0.375. The zero-order valence-electron chi connectivity index (χ0n) is 12.5. The molecule has 0 bridgehead atoms. The number of halogens is 1. The number of nitrogens with zero attached hydrogens (tertiary/aromatic N) is 2. The van der Waals surface area contributed by atoms with Crippen molar-refractivity contribution >= 4 is 5.82 Å². The van der Waals surface area contributed by atoms with Crippen molar-refractivity contribution in [2.45, 2.75) is 33.1 Å². The number of phenols is 1. The van der Waals surface area contributed by atoms with E-state index in [1.165, 1.54) is 12.1 Å². The van der Waals surface area contributed by atoms with Gasteiger partial charge in [-0.1, -0.05) is 20.8 Å². The summed E-state index contributed by atoms with van der Waals surface area (Å²) < 4.78 is 13.4. The topological polar surface area (TPSA) is 58.0 Å². The van der Waals surface area contributed by atoms with Crippen LogP contribution in [-0.4, -0.2) is 21.6 Å². The summed E-state index contributed by atoms with van der Waals surface area (Å²) in [5.74, 6) is 0.721. The molecule has 4 nitrogen and oxygen atoms in total. The molecular formula is C16H20FN3O. The number of rotatable bonds is 5. The minimum Gasteiger partial charge on any atom is -0.508 e. The molecular weight excluding hydrogens is 269 g/mol. The first-order valence-corrected chi connectivity index (χ1v) is 7.12. The van der Waals surface area contributed by atoms with E-state index < -0.39 is 5.82 Å². The van der Waals surface area contributed by atoms with Crippen molar-refractivity contribution in [1.82, 2.24) is 9.97 Å². The van der Waals surface area contributed by atoms with Gasteiger partial charge in [0.25, 0.3) is 0 Å². The highest BCUT2D eigenvalue weighted by molar-refractivity contribution is 5.60. The molecule has 0 saturated heterocycles. The summed E-state index contributed by atoms with van der Waals surface area (Å²) in [6.07, 6.45) is 0.983. The molecule has 0 radical (unpaired) electrons. The van der Waals surface area contributed by atoms with Gasteiger partial charge in [-0.3, -0.25) is 0 Å². The predicted molar refractivity (Wildman–Crippen MR) is 82.0 cm³/mol. The first-order chi connectivity index (χ1) is 9.99. The zero-order chi connectivity index (χ0) is 15.4. The van der Waals surface area contributed by atoms with E-state index in [1.807, 2.05) is 19.9 Å². The van der Waals surface area contributed by atoms with E-state index in [0.29, 0.717) is 17.2 Å². The van der Waals surface area contributed by atoms with Crippen LogP contribution in [0.4, 0.5) is 10.2 Å². The van der Waals surface area contributed by atoms with E-state index in [9.17, 15) is 9.50 Å². The van der Waals surface area contributed by atoms with Crippen LogP contribution in [0.1, 0.15) is 38.8 Å². The lowest BCUT2D eigenvalue weighted by Gasteiger charge is -2.12. The first-order valence-electron chi connectivity index (χ1n) is 7.12. The van der Waals surface area contributed by atoms with Crippen LogP contribution in [0.2, 0.25) is 0 Å². The summed E-state index contributed by atoms with van der Waals surface area (Å²) in [5.41, 5.74) is 1.34. The molecule has 0 saturated carbocycles. The number of hydrogen-bond acceptors (Lipinski definition) is 4. The maximum Gasteiger partial charge on any atom is 0.162 e. The van der Waals surface area contributed by atoms with E-state index in [4.69, 9.17) is 0 Å². The third kappa shape index (κ3) is 3.90. The van der Waals surface area contributed by atoms with E-state index in [-0.39, 0.29) is 11.7 Å². The molecule has 5 heteroatoms. The van der Waals surface area contributed by atoms with Crippen LogP contribution in [0.25, 0.3) is 11.4 Å². The Balaban J connectivity index is 2.48. The largest absolute Gasteiger partial charge is 0.508 e. The lowest BCUT2D eigenvalue weighted by molar-refractivity contribution is 0.469. The van der Waals surface area contributed by atoms with Crippen molar-refractivity contribution in [2.75, 3.05) is 11.9 Å². The average Bonchev–Trinajstić information content (AvgIpc) is 2.43. The summed E-state index contributed by atoms with van der Waals surface area (Å²) in [6.45, 7) is 6.96. The summed E-state index contributed by atoms with van der Waals surface area (Å²) >= 11 is 0. The number of hydrogen-bond donors (Lipinski definition) is 2. The molecule has 0 aliphatic carbocycles. The third-order valence-corrected chi connectivity index (χ3v) is 3.03. The van der Waals surface area contributed by atoms with Gasteiger partial charge in [0.1, 0.15) is 17.4 Å². The molecule has 112 valence electrons. The van der Waals surface area contributed by atoms with E-state index in [0.717, 1.165) is 24.7 Å². The summed E-state index contributed by atoms with van der Waals surface area (Å²) in [6, 6.07) is 5.75. The van der Waals surface area contributed by atoms with Crippen molar-refractivity contribution in [1.29, 1.82) is 0 Å². The second-order valence-electron chi connectivity index (χ2n) is 5.28. The van der Waals surface area contributed by atoms with Gasteiger partial charge < -0.3 is 10.4 Å². The molecule has 0 fully saturated rings. The molecule has 2 N–H and O–H groups in total. The number of phenolic OH excluding ortho intramolecular Hbond substituents is 1. The maximum atomic E-state index is 13.4. The fourth-order valence-corrected chi connectivity index (χ4v) is 1.94. The smallest absolute Gasteiger partial charge is 0.162 e. The minimum absolute atomic E-state index is 0.133. The molecule has 0 unspecified atom stereocenters. The molecule has 1 heterocycles. The van der Waals surface area contributed by atoms with Crippen LogP contribution in [-0.2, 0) is 0 Å². The molecule has 0 aliphatic rings. The van der Waals surface area contributed by atoms with Gasteiger partial charge in [0.15, 0.2) is 5.82 Å². The van der Waals surface area contributed by atoms with Crippen molar-refractivity contribution in [3.8, 4) is 17.1 Å². The highest BCUT2D eigenvalue weighted by Crippen LogP contribution is 2.25. The molecule has 0 spiro atoms. The van der Waals surface area contributed by atoms with Crippen molar-refractivity contribution in [2.24, 2.45) is 0 Å². The molecule has 0 atom stereocenters. The van der Waals surface area contributed by atoms with E-state index in [2.05, 4.69) is 22.2 Å². The Morgan fingerprint density at radius 1 is 1.19 bits per heavy atom. The molecule has 21 heavy (non-hydrogen) atoms. The summed E-state index contributed by atoms with van der Waals surface area (Å²) in [5, 5.41) is 12.8. The molecule has 0 amide bonds. The normalized spacial score (nSPS) is 10.9. The lowest BCUT2D eigenvalue weighted by atomic mass is 10.1. The molecule has 1 aromatic heterocycles. The fourth-order valence-electron chi connectivity index (χ4n) is 1.94. The number of aromatic nitrogens is 2. The van der Waals surface area contributed by atoms with Gasteiger partial charge in [-0.25, -0.2) is 14.4 Å². The van der Waals surface area contributed by atoms with Crippen molar-refractivity contribution in [3.63, 3.8) is 0 Å². The summed E-state index contributed by atoms with van der Waals surface area (Å²) in [7, 11) is 0. The van der Waals surface area contributed by atoms with E-state index >= 15 is 0 Å². The monoisotopic (exact) mass is 289 g/mol. The second kappa shape index (κ2) is 6.52. The first kappa shape index (κ1) is 15.2. The lowest BCUT2D eigenvalue weighted by Crippen LogP contribution is -2.06. The summed E-state index contributed by atoms with van der Waals surface area (Å²) in [4.78, 5) is 8.87. The predicted octanol–water partition coefficient (Wildman–Crippen LogP) is 3.93. The van der Waals surface area contributed by atoms with Crippen LogP contribution < -0.4 is 5.32 Å². The number of benzene rings is 1. The number of nitrogens with one attached hydrogen (secondary N) is 1. The van der Waals surface area contributed by atoms with Crippen LogP contribution >= 0.6 is 0 Å². The zero-order valence-corrected chi connectivity index (χ0v) is 12.5. The minimum atomic E-state index is -0.508. The van der Waals surface area contributed by atoms with Crippen LogP contribution in [0.5, 0.6) is 5.75 Å².